The number of aliphatic imine (C=N–C) groups is 1. The lowest BCUT2D eigenvalue weighted by molar-refractivity contribution is 0.372. The summed E-state index contributed by atoms with van der Waals surface area (Å²) in [6.07, 6.45) is 5.24. The van der Waals surface area contributed by atoms with Crippen LogP contribution in [0.2, 0.25) is 0 Å². The Hall–Kier alpha value is -2.22. The van der Waals surface area contributed by atoms with Crippen molar-refractivity contribution in [2.24, 2.45) is 4.99 Å². The molecule has 1 fully saturated rings. The van der Waals surface area contributed by atoms with Crippen molar-refractivity contribution in [2.45, 2.75) is 0 Å². The number of piperazine rings is 1. The van der Waals surface area contributed by atoms with Crippen molar-refractivity contribution in [2.75, 3.05) is 44.7 Å². The second kappa shape index (κ2) is 6.80. The van der Waals surface area contributed by atoms with Gasteiger partial charge in [-0.25, -0.2) is 4.39 Å². The van der Waals surface area contributed by atoms with E-state index in [2.05, 4.69) is 26.0 Å². The molecule has 0 bridgehead atoms. The minimum atomic E-state index is -0.171. The quantitative estimate of drug-likeness (QED) is 0.499. The first kappa shape index (κ1) is 14.2. The molecule has 1 heterocycles. The summed E-state index contributed by atoms with van der Waals surface area (Å²) in [4.78, 5) is 8.40. The van der Waals surface area contributed by atoms with E-state index in [4.69, 9.17) is 6.42 Å². The van der Waals surface area contributed by atoms with Crippen LogP contribution in [0.3, 0.4) is 0 Å². The molecule has 1 aromatic rings. The summed E-state index contributed by atoms with van der Waals surface area (Å²) in [5.74, 6) is 3.17. The molecule has 0 radical (unpaired) electrons. The van der Waals surface area contributed by atoms with Crippen LogP contribution in [0.4, 0.5) is 10.1 Å². The third kappa shape index (κ3) is 3.21. The molecular weight excluding hydrogens is 255 g/mol. The van der Waals surface area contributed by atoms with E-state index in [0.717, 1.165) is 32.1 Å². The van der Waals surface area contributed by atoms with Gasteiger partial charge in [-0.2, -0.15) is 0 Å². The summed E-state index contributed by atoms with van der Waals surface area (Å²) in [6, 6.07) is 6.88. The normalized spacial score (nSPS) is 15.9. The molecule has 1 saturated heterocycles. The summed E-state index contributed by atoms with van der Waals surface area (Å²) < 4.78 is 13.7. The first-order valence-corrected chi connectivity index (χ1v) is 6.65. The largest absolute Gasteiger partial charge is 0.366 e. The zero-order chi connectivity index (χ0) is 14.4. The second-order valence-electron chi connectivity index (χ2n) is 4.53. The first-order chi connectivity index (χ1) is 9.76. The highest BCUT2D eigenvalue weighted by Crippen LogP contribution is 2.20. The van der Waals surface area contributed by atoms with Gasteiger partial charge in [-0.3, -0.25) is 4.99 Å². The van der Waals surface area contributed by atoms with Crippen molar-refractivity contribution in [3.05, 3.63) is 30.1 Å². The van der Waals surface area contributed by atoms with Gasteiger partial charge >= 0.3 is 0 Å². The van der Waals surface area contributed by atoms with Crippen LogP contribution in [0.25, 0.3) is 0 Å². The molecule has 20 heavy (non-hydrogen) atoms. The molecule has 0 aromatic heterocycles. The highest BCUT2D eigenvalue weighted by molar-refractivity contribution is 5.80. The van der Waals surface area contributed by atoms with Gasteiger partial charge in [0.25, 0.3) is 0 Å². The molecule has 0 amide bonds. The fourth-order valence-electron chi connectivity index (χ4n) is 2.33. The minimum absolute atomic E-state index is 0.171. The number of terminal acetylenes is 1. The first-order valence-electron chi connectivity index (χ1n) is 6.65. The molecule has 0 unspecified atom stereocenters. The van der Waals surface area contributed by atoms with Crippen LogP contribution < -0.4 is 10.2 Å². The van der Waals surface area contributed by atoms with Gasteiger partial charge in [0.1, 0.15) is 5.82 Å². The van der Waals surface area contributed by atoms with Crippen LogP contribution in [0.15, 0.2) is 29.3 Å². The highest BCUT2D eigenvalue weighted by atomic mass is 19.1. The predicted molar refractivity (Wildman–Crippen MR) is 80.4 cm³/mol. The fourth-order valence-corrected chi connectivity index (χ4v) is 2.33. The van der Waals surface area contributed by atoms with E-state index in [9.17, 15) is 4.39 Å². The number of halogens is 1. The Balaban J connectivity index is 1.96. The number of para-hydroxylation sites is 1. The molecule has 0 aliphatic carbocycles. The molecule has 106 valence electrons. The van der Waals surface area contributed by atoms with E-state index in [1.165, 1.54) is 6.07 Å². The predicted octanol–water partition coefficient (Wildman–Crippen LogP) is 1.16. The zero-order valence-electron chi connectivity index (χ0n) is 11.6. The molecule has 1 aliphatic heterocycles. The Kier molecular flexibility index (Phi) is 4.83. The number of rotatable bonds is 2. The van der Waals surface area contributed by atoms with E-state index in [-0.39, 0.29) is 5.82 Å². The van der Waals surface area contributed by atoms with Crippen LogP contribution in [-0.2, 0) is 0 Å². The Bertz CT molecular complexity index is 513. The van der Waals surface area contributed by atoms with Crippen molar-refractivity contribution in [3.63, 3.8) is 0 Å². The third-order valence-electron chi connectivity index (χ3n) is 3.33. The maximum Gasteiger partial charge on any atom is 0.194 e. The summed E-state index contributed by atoms with van der Waals surface area (Å²) >= 11 is 0. The Morgan fingerprint density at radius 2 is 2.05 bits per heavy atom. The monoisotopic (exact) mass is 274 g/mol. The van der Waals surface area contributed by atoms with Gasteiger partial charge < -0.3 is 15.1 Å². The Morgan fingerprint density at radius 3 is 2.65 bits per heavy atom. The molecule has 4 nitrogen and oxygen atoms in total. The van der Waals surface area contributed by atoms with Crippen molar-refractivity contribution in [1.82, 2.24) is 10.2 Å². The van der Waals surface area contributed by atoms with E-state index in [1.807, 2.05) is 12.1 Å². The molecule has 2 rings (SSSR count). The average molecular weight is 274 g/mol. The van der Waals surface area contributed by atoms with E-state index in [0.29, 0.717) is 12.2 Å². The van der Waals surface area contributed by atoms with Crippen molar-refractivity contribution >= 4 is 11.6 Å². The number of anilines is 1. The Morgan fingerprint density at radius 1 is 1.35 bits per heavy atom. The zero-order valence-corrected chi connectivity index (χ0v) is 11.6. The SMILES string of the molecule is C#CCNC(=NC)N1CCN(c2ccccc2F)CC1. The van der Waals surface area contributed by atoms with E-state index in [1.54, 1.807) is 13.1 Å². The van der Waals surface area contributed by atoms with Crippen LogP contribution >= 0.6 is 0 Å². The molecule has 0 atom stereocenters. The van der Waals surface area contributed by atoms with Gasteiger partial charge in [0.05, 0.1) is 12.2 Å². The smallest absolute Gasteiger partial charge is 0.194 e. The van der Waals surface area contributed by atoms with Gasteiger partial charge in [0.2, 0.25) is 0 Å². The lowest BCUT2D eigenvalue weighted by Crippen LogP contribution is -2.52. The molecule has 0 spiro atoms. The molecule has 1 aliphatic rings. The van der Waals surface area contributed by atoms with Crippen LogP contribution in [0.1, 0.15) is 0 Å². The van der Waals surface area contributed by atoms with Gasteiger partial charge in [0.15, 0.2) is 5.96 Å². The maximum absolute atomic E-state index is 13.7. The number of hydrogen-bond donors (Lipinski definition) is 1. The van der Waals surface area contributed by atoms with Crippen molar-refractivity contribution < 1.29 is 4.39 Å². The van der Waals surface area contributed by atoms with E-state index >= 15 is 0 Å². The summed E-state index contributed by atoms with van der Waals surface area (Å²) in [7, 11) is 1.74. The maximum atomic E-state index is 13.7. The lowest BCUT2D eigenvalue weighted by atomic mass is 10.2. The van der Waals surface area contributed by atoms with Gasteiger partial charge in [-0.05, 0) is 12.1 Å². The topological polar surface area (TPSA) is 30.9 Å². The van der Waals surface area contributed by atoms with Crippen molar-refractivity contribution in [1.29, 1.82) is 0 Å². The van der Waals surface area contributed by atoms with Crippen LogP contribution in [0, 0.1) is 18.2 Å². The average Bonchev–Trinajstić information content (AvgIpc) is 2.49. The number of benzene rings is 1. The summed E-state index contributed by atoms with van der Waals surface area (Å²) in [5, 5.41) is 3.10. The number of nitrogens with one attached hydrogen (secondary N) is 1. The number of guanidine groups is 1. The van der Waals surface area contributed by atoms with Gasteiger partial charge in [-0.1, -0.05) is 18.1 Å². The highest BCUT2D eigenvalue weighted by Gasteiger charge is 2.20. The fraction of sp³-hybridized carbons (Fsp3) is 0.400. The van der Waals surface area contributed by atoms with Gasteiger partial charge in [-0.15, -0.1) is 6.42 Å². The molecule has 1 aromatic carbocycles. The second-order valence-corrected chi connectivity index (χ2v) is 4.53. The molecule has 1 N–H and O–H groups in total. The van der Waals surface area contributed by atoms with Crippen LogP contribution in [0.5, 0.6) is 0 Å². The lowest BCUT2D eigenvalue weighted by Gasteiger charge is -2.37. The molecular formula is C15H19FN4. The van der Waals surface area contributed by atoms with Crippen molar-refractivity contribution in [3.8, 4) is 12.3 Å². The minimum Gasteiger partial charge on any atom is -0.366 e. The third-order valence-corrected chi connectivity index (χ3v) is 3.33. The van der Waals surface area contributed by atoms with Gasteiger partial charge in [0, 0.05) is 33.2 Å². The molecule has 0 saturated carbocycles. The standard InChI is InChI=1S/C15H19FN4/c1-3-8-18-15(17-2)20-11-9-19(10-12-20)14-7-5-4-6-13(14)16/h1,4-7H,8-12H2,2H3,(H,17,18). The Labute approximate surface area is 119 Å². The van der Waals surface area contributed by atoms with Crippen LogP contribution in [-0.4, -0.2) is 50.6 Å². The number of hydrogen-bond acceptors (Lipinski definition) is 2. The summed E-state index contributed by atoms with van der Waals surface area (Å²) in [6.45, 7) is 3.56. The van der Waals surface area contributed by atoms with E-state index < -0.39 is 0 Å². The summed E-state index contributed by atoms with van der Waals surface area (Å²) in [5.41, 5.74) is 0.665. The molecule has 5 heteroatoms. The number of nitrogens with zero attached hydrogens (tertiary/aromatic N) is 3.